The first-order valence-electron chi connectivity index (χ1n) is 6.80. The molecule has 1 rings (SSSR count). The number of ether oxygens (including phenoxy) is 1. The van der Waals surface area contributed by atoms with Crippen molar-refractivity contribution in [2.24, 2.45) is 11.8 Å². The molecule has 0 radical (unpaired) electrons. The molecule has 0 saturated heterocycles. The van der Waals surface area contributed by atoms with Crippen LogP contribution in [0, 0.1) is 11.8 Å². The van der Waals surface area contributed by atoms with E-state index in [-0.39, 0.29) is 28.4 Å². The van der Waals surface area contributed by atoms with Gasteiger partial charge >= 0.3 is 5.69 Å². The van der Waals surface area contributed by atoms with Crippen LogP contribution in [0.25, 0.3) is 0 Å². The highest BCUT2D eigenvalue weighted by molar-refractivity contribution is 6.29. The molecule has 0 amide bonds. The predicted molar refractivity (Wildman–Crippen MR) is 80.6 cm³/mol. The summed E-state index contributed by atoms with van der Waals surface area (Å²) in [5.41, 5.74) is -0.724. The second-order valence-electron chi connectivity index (χ2n) is 5.62. The maximum Gasteiger partial charge on any atom is 0.332 e. The van der Waals surface area contributed by atoms with Gasteiger partial charge in [0.25, 0.3) is 5.56 Å². The number of aromatic nitrogens is 2. The van der Waals surface area contributed by atoms with E-state index in [4.69, 9.17) is 16.3 Å². The molecular formula is C14H23ClN2O3. The van der Waals surface area contributed by atoms with E-state index in [1.54, 1.807) is 21.0 Å². The Morgan fingerprint density at radius 3 is 2.30 bits per heavy atom. The zero-order valence-electron chi connectivity index (χ0n) is 12.7. The lowest BCUT2D eigenvalue weighted by molar-refractivity contribution is 0.117. The monoisotopic (exact) mass is 302 g/mol. The van der Waals surface area contributed by atoms with Crippen LogP contribution in [-0.4, -0.2) is 22.9 Å². The van der Waals surface area contributed by atoms with Gasteiger partial charge in [-0.25, -0.2) is 4.79 Å². The van der Waals surface area contributed by atoms with Crippen LogP contribution in [0.5, 0.6) is 0 Å². The number of hydrogen-bond acceptors (Lipinski definition) is 3. The third-order valence-corrected chi connectivity index (χ3v) is 3.75. The molecule has 0 aliphatic rings. The summed E-state index contributed by atoms with van der Waals surface area (Å²) in [7, 11) is 1.63. The first kappa shape index (κ1) is 17.0. The molecule has 0 aliphatic carbocycles. The molecule has 0 aliphatic heterocycles. The Hall–Kier alpha value is -1.07. The van der Waals surface area contributed by atoms with Crippen molar-refractivity contribution in [3.63, 3.8) is 0 Å². The molecule has 6 heteroatoms. The van der Waals surface area contributed by atoms with Gasteiger partial charge in [0.05, 0.1) is 6.61 Å². The van der Waals surface area contributed by atoms with Crippen LogP contribution in [0.1, 0.15) is 33.7 Å². The second-order valence-corrected chi connectivity index (χ2v) is 6.01. The molecular weight excluding hydrogens is 280 g/mol. The van der Waals surface area contributed by atoms with Gasteiger partial charge in [-0.3, -0.25) is 13.9 Å². The molecule has 0 fully saturated rings. The zero-order valence-corrected chi connectivity index (χ0v) is 13.5. The molecule has 0 aromatic carbocycles. The maximum atomic E-state index is 12.4. The third-order valence-electron chi connectivity index (χ3n) is 3.43. The molecule has 0 saturated carbocycles. The summed E-state index contributed by atoms with van der Waals surface area (Å²) in [6.45, 7) is 8.73. The highest BCUT2D eigenvalue weighted by Gasteiger charge is 2.19. The summed E-state index contributed by atoms with van der Waals surface area (Å²) in [6.07, 6.45) is 0. The first-order chi connectivity index (χ1) is 9.29. The molecule has 114 valence electrons. The maximum absolute atomic E-state index is 12.4. The van der Waals surface area contributed by atoms with E-state index in [1.165, 1.54) is 15.2 Å². The standard InChI is InChI=1S/C14H23ClN2O3/c1-9(2)11(8-20-5)7-16-12(15)6-13(18)17(10(3)4)14(16)19/h6,9-11H,7-8H2,1-5H3. The topological polar surface area (TPSA) is 53.2 Å². The second kappa shape index (κ2) is 7.09. The molecule has 1 aromatic rings. The van der Waals surface area contributed by atoms with Gasteiger partial charge in [0.1, 0.15) is 5.15 Å². The van der Waals surface area contributed by atoms with Crippen LogP contribution in [0.15, 0.2) is 15.7 Å². The van der Waals surface area contributed by atoms with E-state index < -0.39 is 0 Å². The highest BCUT2D eigenvalue weighted by Crippen LogP contribution is 2.15. The van der Waals surface area contributed by atoms with Crippen LogP contribution >= 0.6 is 11.6 Å². The fraction of sp³-hybridized carbons (Fsp3) is 0.714. The Balaban J connectivity index is 3.28. The SMILES string of the molecule is COCC(Cn1c(Cl)cc(=O)n(C(C)C)c1=O)C(C)C. The molecule has 0 N–H and O–H groups in total. The molecule has 1 heterocycles. The molecule has 0 bridgehead atoms. The summed E-state index contributed by atoms with van der Waals surface area (Å²) < 4.78 is 7.86. The van der Waals surface area contributed by atoms with E-state index in [9.17, 15) is 9.59 Å². The summed E-state index contributed by atoms with van der Waals surface area (Å²) in [5.74, 6) is 0.505. The Bertz CT molecular complexity index is 561. The van der Waals surface area contributed by atoms with Crippen LogP contribution in [0.3, 0.4) is 0 Å². The van der Waals surface area contributed by atoms with Crippen LogP contribution in [0.2, 0.25) is 5.15 Å². The van der Waals surface area contributed by atoms with Crippen molar-refractivity contribution < 1.29 is 4.74 Å². The molecule has 1 unspecified atom stereocenters. The van der Waals surface area contributed by atoms with Crippen LogP contribution in [0.4, 0.5) is 0 Å². The number of rotatable bonds is 6. The normalized spacial score (nSPS) is 13.2. The van der Waals surface area contributed by atoms with Crippen molar-refractivity contribution in [2.45, 2.75) is 40.3 Å². The lowest BCUT2D eigenvalue weighted by atomic mass is 9.97. The van der Waals surface area contributed by atoms with Crippen molar-refractivity contribution in [1.82, 2.24) is 9.13 Å². The molecule has 0 spiro atoms. The minimum atomic E-state index is -0.362. The molecule has 20 heavy (non-hydrogen) atoms. The van der Waals surface area contributed by atoms with Gasteiger partial charge in [0, 0.05) is 31.7 Å². The average molecular weight is 303 g/mol. The minimum Gasteiger partial charge on any atom is -0.384 e. The largest absolute Gasteiger partial charge is 0.384 e. The van der Waals surface area contributed by atoms with E-state index in [1.807, 2.05) is 0 Å². The first-order valence-corrected chi connectivity index (χ1v) is 7.18. The fourth-order valence-electron chi connectivity index (χ4n) is 2.11. The van der Waals surface area contributed by atoms with Crippen molar-refractivity contribution >= 4 is 11.6 Å². The summed E-state index contributed by atoms with van der Waals surface area (Å²) in [6, 6.07) is 1.10. The van der Waals surface area contributed by atoms with Crippen molar-refractivity contribution in [1.29, 1.82) is 0 Å². The quantitative estimate of drug-likeness (QED) is 0.757. The molecule has 5 nitrogen and oxygen atoms in total. The smallest absolute Gasteiger partial charge is 0.332 e. The van der Waals surface area contributed by atoms with E-state index in [0.29, 0.717) is 19.1 Å². The van der Waals surface area contributed by atoms with Gasteiger partial charge in [-0.05, 0) is 19.8 Å². The minimum absolute atomic E-state index is 0.160. The zero-order chi connectivity index (χ0) is 15.4. The van der Waals surface area contributed by atoms with Crippen LogP contribution in [-0.2, 0) is 11.3 Å². The highest BCUT2D eigenvalue weighted by atomic mass is 35.5. The third kappa shape index (κ3) is 3.73. The number of methoxy groups -OCH3 is 1. The van der Waals surface area contributed by atoms with Crippen molar-refractivity contribution in [3.8, 4) is 0 Å². The van der Waals surface area contributed by atoms with Crippen LogP contribution < -0.4 is 11.2 Å². The van der Waals surface area contributed by atoms with Gasteiger partial charge in [-0.15, -0.1) is 0 Å². The van der Waals surface area contributed by atoms with Gasteiger partial charge in [0.2, 0.25) is 0 Å². The van der Waals surface area contributed by atoms with Gasteiger partial charge < -0.3 is 4.74 Å². The average Bonchev–Trinajstić information content (AvgIpc) is 2.31. The Kier molecular flexibility index (Phi) is 6.02. The van der Waals surface area contributed by atoms with E-state index in [0.717, 1.165) is 0 Å². The number of nitrogens with zero attached hydrogens (tertiary/aromatic N) is 2. The summed E-state index contributed by atoms with van der Waals surface area (Å²) >= 11 is 6.07. The lowest BCUT2D eigenvalue weighted by Gasteiger charge is -2.22. The number of halogens is 1. The Morgan fingerprint density at radius 2 is 1.85 bits per heavy atom. The van der Waals surface area contributed by atoms with E-state index in [2.05, 4.69) is 13.8 Å². The summed E-state index contributed by atoms with van der Waals surface area (Å²) in [4.78, 5) is 24.3. The Morgan fingerprint density at radius 1 is 1.25 bits per heavy atom. The number of hydrogen-bond donors (Lipinski definition) is 0. The fourth-order valence-corrected chi connectivity index (χ4v) is 2.34. The summed E-state index contributed by atoms with van der Waals surface area (Å²) in [5, 5.41) is 0.179. The lowest BCUT2D eigenvalue weighted by Crippen LogP contribution is -2.42. The van der Waals surface area contributed by atoms with E-state index >= 15 is 0 Å². The Labute approximate surface area is 124 Å². The molecule has 1 atom stereocenters. The molecule has 1 aromatic heterocycles. The van der Waals surface area contributed by atoms with Gasteiger partial charge in [0.15, 0.2) is 0 Å². The van der Waals surface area contributed by atoms with Gasteiger partial charge in [-0.1, -0.05) is 25.4 Å². The predicted octanol–water partition coefficient (Wildman–Crippen LogP) is 2.16. The van der Waals surface area contributed by atoms with Gasteiger partial charge in [-0.2, -0.15) is 0 Å². The van der Waals surface area contributed by atoms with Crippen molar-refractivity contribution in [2.75, 3.05) is 13.7 Å². The van der Waals surface area contributed by atoms with Crippen molar-refractivity contribution in [3.05, 3.63) is 32.1 Å².